The summed E-state index contributed by atoms with van der Waals surface area (Å²) in [5.41, 5.74) is 2.61. The highest BCUT2D eigenvalue weighted by Crippen LogP contribution is 2.38. The highest BCUT2D eigenvalue weighted by molar-refractivity contribution is 5.59. The molecule has 1 aliphatic carbocycles. The zero-order chi connectivity index (χ0) is 13.5. The summed E-state index contributed by atoms with van der Waals surface area (Å²) in [4.78, 5) is 0. The van der Waals surface area contributed by atoms with Gasteiger partial charge in [-0.2, -0.15) is 0 Å². The van der Waals surface area contributed by atoms with Gasteiger partial charge in [0.1, 0.15) is 11.6 Å². The van der Waals surface area contributed by atoms with E-state index in [0.29, 0.717) is 12.0 Å². The minimum absolute atomic E-state index is 0.341. The molecule has 0 spiro atoms. The second-order valence-corrected chi connectivity index (χ2v) is 5.93. The Morgan fingerprint density at radius 2 is 1.95 bits per heavy atom. The van der Waals surface area contributed by atoms with Gasteiger partial charge in [-0.25, -0.2) is 0 Å². The van der Waals surface area contributed by atoms with E-state index in [2.05, 4.69) is 51.3 Å². The van der Waals surface area contributed by atoms with Crippen LogP contribution in [0.25, 0.3) is 0 Å². The third kappa shape index (κ3) is 1.74. The largest absolute Gasteiger partial charge is 0.384 e. The number of para-hydroxylation sites is 1. The number of aromatic nitrogens is 3. The van der Waals surface area contributed by atoms with Crippen molar-refractivity contribution in [2.24, 2.45) is 0 Å². The van der Waals surface area contributed by atoms with Crippen LogP contribution in [0, 0.1) is 6.92 Å². The summed E-state index contributed by atoms with van der Waals surface area (Å²) in [5.74, 6) is 2.55. The van der Waals surface area contributed by atoms with Gasteiger partial charge in [0.25, 0.3) is 0 Å². The predicted molar refractivity (Wildman–Crippen MR) is 79.0 cm³/mol. The van der Waals surface area contributed by atoms with E-state index in [9.17, 15) is 0 Å². The molecule has 1 unspecified atom stereocenters. The first-order valence-corrected chi connectivity index (χ1v) is 7.59. The fourth-order valence-corrected chi connectivity index (χ4v) is 3.75. The van der Waals surface area contributed by atoms with Crippen molar-refractivity contribution in [3.63, 3.8) is 0 Å². The van der Waals surface area contributed by atoms with Crippen LogP contribution in [0.5, 0.6) is 0 Å². The second-order valence-electron chi connectivity index (χ2n) is 5.93. The first kappa shape index (κ1) is 11.9. The number of nitrogens with one attached hydrogen (secondary N) is 1. The first-order valence-electron chi connectivity index (χ1n) is 7.59. The molecule has 2 aliphatic rings. The lowest BCUT2D eigenvalue weighted by atomic mass is 10.00. The molecule has 1 aromatic carbocycles. The van der Waals surface area contributed by atoms with Crippen LogP contribution in [0.1, 0.15) is 54.9 Å². The van der Waals surface area contributed by atoms with E-state index < -0.39 is 0 Å². The molecule has 0 amide bonds. The summed E-state index contributed by atoms with van der Waals surface area (Å²) in [6.45, 7) is 3.02. The SMILES string of the molecule is Cc1nnc(C2CNc3ccccc32)n1C1CCCC1. The Hall–Kier alpha value is -1.84. The van der Waals surface area contributed by atoms with E-state index in [1.54, 1.807) is 0 Å². The van der Waals surface area contributed by atoms with Crippen molar-refractivity contribution in [2.45, 2.75) is 44.6 Å². The zero-order valence-electron chi connectivity index (χ0n) is 11.8. The van der Waals surface area contributed by atoms with Crippen LogP contribution in [-0.4, -0.2) is 21.3 Å². The topological polar surface area (TPSA) is 42.7 Å². The van der Waals surface area contributed by atoms with E-state index in [1.165, 1.54) is 36.9 Å². The first-order chi connectivity index (χ1) is 9.84. The number of hydrogen-bond donors (Lipinski definition) is 1. The van der Waals surface area contributed by atoms with Crippen LogP contribution in [-0.2, 0) is 0 Å². The summed E-state index contributed by atoms with van der Waals surface area (Å²) >= 11 is 0. The van der Waals surface area contributed by atoms with Gasteiger partial charge in [-0.05, 0) is 31.4 Å². The van der Waals surface area contributed by atoms with Crippen LogP contribution in [0.15, 0.2) is 24.3 Å². The number of benzene rings is 1. The Labute approximate surface area is 119 Å². The summed E-state index contributed by atoms with van der Waals surface area (Å²) < 4.78 is 2.40. The van der Waals surface area contributed by atoms with Gasteiger partial charge in [0, 0.05) is 18.3 Å². The molecule has 4 heteroatoms. The molecule has 2 heterocycles. The lowest BCUT2D eigenvalue weighted by molar-refractivity contribution is 0.480. The van der Waals surface area contributed by atoms with E-state index in [0.717, 1.165) is 18.2 Å². The molecule has 0 bridgehead atoms. The van der Waals surface area contributed by atoms with Gasteiger partial charge in [-0.3, -0.25) is 0 Å². The van der Waals surface area contributed by atoms with Crippen LogP contribution >= 0.6 is 0 Å². The molecule has 1 N–H and O–H groups in total. The van der Waals surface area contributed by atoms with E-state index in [-0.39, 0.29) is 0 Å². The molecule has 20 heavy (non-hydrogen) atoms. The molecule has 104 valence electrons. The van der Waals surface area contributed by atoms with Crippen molar-refractivity contribution in [1.29, 1.82) is 0 Å². The van der Waals surface area contributed by atoms with Gasteiger partial charge in [-0.1, -0.05) is 31.0 Å². The molecule has 1 aromatic heterocycles. The molecule has 1 atom stereocenters. The van der Waals surface area contributed by atoms with Crippen molar-refractivity contribution in [2.75, 3.05) is 11.9 Å². The van der Waals surface area contributed by atoms with Gasteiger partial charge in [-0.15, -0.1) is 10.2 Å². The maximum Gasteiger partial charge on any atom is 0.142 e. The van der Waals surface area contributed by atoms with Crippen molar-refractivity contribution in [3.05, 3.63) is 41.5 Å². The lowest BCUT2D eigenvalue weighted by Crippen LogP contribution is -2.16. The molecule has 0 radical (unpaired) electrons. The Balaban J connectivity index is 1.77. The average Bonchev–Trinajstić information content (AvgIpc) is 3.16. The lowest BCUT2D eigenvalue weighted by Gasteiger charge is -2.19. The van der Waals surface area contributed by atoms with Crippen molar-refractivity contribution < 1.29 is 0 Å². The normalized spacial score (nSPS) is 21.9. The van der Waals surface area contributed by atoms with Crippen molar-refractivity contribution in [1.82, 2.24) is 14.8 Å². The third-order valence-corrected chi connectivity index (χ3v) is 4.73. The monoisotopic (exact) mass is 268 g/mol. The van der Waals surface area contributed by atoms with E-state index in [4.69, 9.17) is 0 Å². The maximum atomic E-state index is 4.51. The van der Waals surface area contributed by atoms with Crippen molar-refractivity contribution >= 4 is 5.69 Å². The van der Waals surface area contributed by atoms with Crippen LogP contribution < -0.4 is 5.32 Å². The molecule has 0 saturated heterocycles. The predicted octanol–water partition coefficient (Wildman–Crippen LogP) is 3.26. The highest BCUT2D eigenvalue weighted by Gasteiger charge is 2.31. The van der Waals surface area contributed by atoms with Gasteiger partial charge >= 0.3 is 0 Å². The third-order valence-electron chi connectivity index (χ3n) is 4.73. The van der Waals surface area contributed by atoms with Gasteiger partial charge < -0.3 is 9.88 Å². The fourth-order valence-electron chi connectivity index (χ4n) is 3.75. The Morgan fingerprint density at radius 3 is 2.80 bits per heavy atom. The molecule has 1 fully saturated rings. The van der Waals surface area contributed by atoms with Crippen LogP contribution in [0.3, 0.4) is 0 Å². The maximum absolute atomic E-state index is 4.51. The Kier molecular flexibility index (Phi) is 2.76. The molecule has 1 saturated carbocycles. The number of rotatable bonds is 2. The summed E-state index contributed by atoms with van der Waals surface area (Å²) in [6.07, 6.45) is 5.21. The molecular weight excluding hydrogens is 248 g/mol. The molecule has 1 aliphatic heterocycles. The number of anilines is 1. The summed E-state index contributed by atoms with van der Waals surface area (Å²) in [7, 11) is 0. The van der Waals surface area contributed by atoms with Gasteiger partial charge in [0.05, 0.1) is 5.92 Å². The van der Waals surface area contributed by atoms with Crippen LogP contribution in [0.2, 0.25) is 0 Å². The standard InChI is InChI=1S/C16H20N4/c1-11-18-19-16(20(11)12-6-2-3-7-12)14-10-17-15-9-5-4-8-13(14)15/h4-5,8-9,12,14,17H,2-3,6-7,10H2,1H3. The Bertz CT molecular complexity index is 625. The summed E-state index contributed by atoms with van der Waals surface area (Å²) in [5, 5.41) is 12.4. The highest BCUT2D eigenvalue weighted by atomic mass is 15.3. The smallest absolute Gasteiger partial charge is 0.142 e. The second kappa shape index (κ2) is 4.62. The van der Waals surface area contributed by atoms with Crippen LogP contribution in [0.4, 0.5) is 5.69 Å². The molecule has 4 nitrogen and oxygen atoms in total. The number of nitrogens with zero attached hydrogens (tertiary/aromatic N) is 3. The Morgan fingerprint density at radius 1 is 1.15 bits per heavy atom. The molecule has 4 rings (SSSR count). The van der Waals surface area contributed by atoms with Gasteiger partial charge in [0.15, 0.2) is 0 Å². The average molecular weight is 268 g/mol. The zero-order valence-corrected chi connectivity index (χ0v) is 11.8. The van der Waals surface area contributed by atoms with Gasteiger partial charge in [0.2, 0.25) is 0 Å². The van der Waals surface area contributed by atoms with E-state index >= 15 is 0 Å². The minimum atomic E-state index is 0.341. The van der Waals surface area contributed by atoms with Crippen molar-refractivity contribution in [3.8, 4) is 0 Å². The number of fused-ring (bicyclic) bond motifs is 1. The quantitative estimate of drug-likeness (QED) is 0.909. The number of hydrogen-bond acceptors (Lipinski definition) is 3. The minimum Gasteiger partial charge on any atom is -0.384 e. The summed E-state index contributed by atoms with van der Waals surface area (Å²) in [6, 6.07) is 9.16. The molecule has 2 aromatic rings. The van der Waals surface area contributed by atoms with E-state index in [1.807, 2.05) is 0 Å². The fraction of sp³-hybridized carbons (Fsp3) is 0.500. The number of aryl methyl sites for hydroxylation is 1. The molecular formula is C16H20N4.